The number of aliphatic hydroxyl groups excluding tert-OH is 1. The molecule has 2 aliphatic rings. The second-order valence-corrected chi connectivity index (χ2v) is 10.7. The summed E-state index contributed by atoms with van der Waals surface area (Å²) in [5.41, 5.74) is 6.87. The number of nitrogens with one attached hydrogen (secondary N) is 2. The number of nitrogens with zero attached hydrogens (tertiary/aromatic N) is 3. The third-order valence-corrected chi connectivity index (χ3v) is 8.28. The van der Waals surface area contributed by atoms with Crippen LogP contribution in [-0.2, 0) is 13.0 Å². The maximum Gasteiger partial charge on any atom is 0.225 e. The van der Waals surface area contributed by atoms with Crippen LogP contribution in [0.15, 0.2) is 23.6 Å². The van der Waals surface area contributed by atoms with Crippen LogP contribution in [0.4, 0.5) is 11.8 Å². The van der Waals surface area contributed by atoms with Crippen LogP contribution in [-0.4, -0.2) is 43.5 Å². The minimum atomic E-state index is -1.51. The maximum absolute atomic E-state index is 11.3. The molecule has 1 saturated carbocycles. The van der Waals surface area contributed by atoms with Gasteiger partial charge in [0.2, 0.25) is 5.95 Å². The van der Waals surface area contributed by atoms with Crippen LogP contribution in [0.3, 0.4) is 0 Å². The van der Waals surface area contributed by atoms with Crippen molar-refractivity contribution in [3.63, 3.8) is 0 Å². The molecule has 5 rings (SSSR count). The first-order valence-electron chi connectivity index (χ1n) is 11.2. The number of aromatic nitrogens is 3. The predicted molar refractivity (Wildman–Crippen MR) is 133 cm³/mol. The summed E-state index contributed by atoms with van der Waals surface area (Å²) in [5, 5.41) is 31.3. The number of hydrogen-bond donors (Lipinski definition) is 5. The van der Waals surface area contributed by atoms with E-state index in [-0.39, 0.29) is 5.92 Å². The van der Waals surface area contributed by atoms with E-state index >= 15 is 0 Å². The smallest absolute Gasteiger partial charge is 0.225 e. The Bertz CT molecular complexity index is 1160. The molecular formula is C23H28N6O2S2. The Morgan fingerprint density at radius 1 is 1.30 bits per heavy atom. The average Bonchev–Trinajstić information content (AvgIpc) is 3.52. The summed E-state index contributed by atoms with van der Waals surface area (Å²) in [7, 11) is 0. The number of allylic oxidation sites excluding steroid dienone is 1. The summed E-state index contributed by atoms with van der Waals surface area (Å²) in [6.07, 6.45) is 6.20. The minimum Gasteiger partial charge on any atom is -0.388 e. The molecule has 174 valence electrons. The van der Waals surface area contributed by atoms with Crippen LogP contribution in [0.2, 0.25) is 0 Å². The van der Waals surface area contributed by atoms with Gasteiger partial charge in [0.05, 0.1) is 28.4 Å². The fourth-order valence-corrected chi connectivity index (χ4v) is 6.24. The van der Waals surface area contributed by atoms with Gasteiger partial charge in [-0.15, -0.1) is 22.7 Å². The lowest BCUT2D eigenvalue weighted by molar-refractivity contribution is -0.0459. The van der Waals surface area contributed by atoms with Gasteiger partial charge in [-0.3, -0.25) is 0 Å². The van der Waals surface area contributed by atoms with E-state index in [4.69, 9.17) is 20.7 Å². The Balaban J connectivity index is 1.53. The molecule has 0 aromatic carbocycles. The van der Waals surface area contributed by atoms with E-state index in [2.05, 4.69) is 28.9 Å². The first-order valence-corrected chi connectivity index (χ1v) is 12.9. The monoisotopic (exact) mass is 484 g/mol. The standard InChI is InChI=1S/C23H28N6O2S2/c1-13-18(21-27-16-6-2-3-7-17(16)33-21)20(29-23(31)9-8-14(11-24)19(23)30)28-22(26-13)25-12-15-5-4-10-32-15/h3-5,7,10,14,19,30-31H,2,6,8-9,11-12,24H2,1H3,(H2,25,26,28,29). The van der Waals surface area contributed by atoms with Crippen LogP contribution in [0.5, 0.6) is 0 Å². The van der Waals surface area contributed by atoms with Gasteiger partial charge in [-0.2, -0.15) is 4.98 Å². The molecule has 10 heteroatoms. The van der Waals surface area contributed by atoms with Gasteiger partial charge in [-0.05, 0) is 56.7 Å². The highest BCUT2D eigenvalue weighted by atomic mass is 32.1. The van der Waals surface area contributed by atoms with E-state index in [9.17, 15) is 10.2 Å². The number of thiazole rings is 1. The van der Waals surface area contributed by atoms with Crippen LogP contribution >= 0.6 is 22.7 Å². The predicted octanol–water partition coefficient (Wildman–Crippen LogP) is 3.37. The fraction of sp³-hybridized carbons (Fsp3) is 0.435. The molecule has 2 aliphatic carbocycles. The molecule has 0 amide bonds. The van der Waals surface area contributed by atoms with E-state index in [1.807, 2.05) is 18.4 Å². The van der Waals surface area contributed by atoms with Crippen LogP contribution in [0.1, 0.15) is 40.4 Å². The maximum atomic E-state index is 11.3. The normalized spacial score (nSPS) is 24.1. The molecule has 3 aromatic heterocycles. The van der Waals surface area contributed by atoms with Crippen molar-refractivity contribution in [2.24, 2.45) is 11.7 Å². The number of hydrogen-bond acceptors (Lipinski definition) is 10. The van der Waals surface area contributed by atoms with Crippen molar-refractivity contribution in [2.45, 2.75) is 51.0 Å². The number of aliphatic hydroxyl groups is 2. The first-order chi connectivity index (χ1) is 16.0. The molecule has 8 nitrogen and oxygen atoms in total. The van der Waals surface area contributed by atoms with Crippen molar-refractivity contribution in [3.05, 3.63) is 44.7 Å². The van der Waals surface area contributed by atoms with Crippen LogP contribution in [0.25, 0.3) is 16.6 Å². The van der Waals surface area contributed by atoms with Gasteiger partial charge in [-0.1, -0.05) is 12.1 Å². The SMILES string of the molecule is Cc1nc(NCc2cccs2)nc(NC2(O)CCC(CN)C2O)c1-c1nc2c(s1)C=CCC2. The molecular weight excluding hydrogens is 456 g/mol. The number of rotatable bonds is 7. The Labute approximate surface area is 200 Å². The quantitative estimate of drug-likeness (QED) is 0.323. The molecule has 3 heterocycles. The zero-order valence-electron chi connectivity index (χ0n) is 18.4. The van der Waals surface area contributed by atoms with Crippen molar-refractivity contribution in [3.8, 4) is 10.6 Å². The molecule has 6 N–H and O–H groups in total. The first kappa shape index (κ1) is 22.4. The van der Waals surface area contributed by atoms with Crippen molar-refractivity contribution in [2.75, 3.05) is 17.2 Å². The number of fused-ring (bicyclic) bond motifs is 1. The Hall–Kier alpha value is -2.37. The molecule has 3 unspecified atom stereocenters. The van der Waals surface area contributed by atoms with E-state index in [1.165, 1.54) is 4.88 Å². The summed E-state index contributed by atoms with van der Waals surface area (Å²) in [5.74, 6) is 0.757. The van der Waals surface area contributed by atoms with Crippen LogP contribution in [0, 0.1) is 12.8 Å². The average molecular weight is 485 g/mol. The minimum absolute atomic E-state index is 0.164. The fourth-order valence-electron chi connectivity index (χ4n) is 4.46. The van der Waals surface area contributed by atoms with E-state index < -0.39 is 11.8 Å². The lowest BCUT2D eigenvalue weighted by atomic mass is 10.0. The Kier molecular flexibility index (Phi) is 6.19. The highest BCUT2D eigenvalue weighted by molar-refractivity contribution is 7.16. The summed E-state index contributed by atoms with van der Waals surface area (Å²) in [6, 6.07) is 4.06. The second-order valence-electron chi connectivity index (χ2n) is 8.59. The number of thiophene rings is 1. The molecule has 0 spiro atoms. The summed E-state index contributed by atoms with van der Waals surface area (Å²) < 4.78 is 0. The third-order valence-electron chi connectivity index (χ3n) is 6.32. The second kappa shape index (κ2) is 9.11. The van der Waals surface area contributed by atoms with E-state index in [1.54, 1.807) is 22.7 Å². The zero-order valence-corrected chi connectivity index (χ0v) is 20.0. The van der Waals surface area contributed by atoms with Gasteiger partial charge in [0, 0.05) is 10.8 Å². The van der Waals surface area contributed by atoms with E-state index in [0.29, 0.717) is 37.7 Å². The lowest BCUT2D eigenvalue weighted by Gasteiger charge is -2.31. The van der Waals surface area contributed by atoms with Gasteiger partial charge in [0.25, 0.3) is 0 Å². The van der Waals surface area contributed by atoms with Gasteiger partial charge in [0.15, 0.2) is 5.72 Å². The topological polar surface area (TPSA) is 129 Å². The number of aryl methyl sites for hydroxylation is 2. The van der Waals surface area contributed by atoms with Crippen molar-refractivity contribution in [1.29, 1.82) is 0 Å². The highest BCUT2D eigenvalue weighted by Crippen LogP contribution is 2.41. The molecule has 0 radical (unpaired) electrons. The lowest BCUT2D eigenvalue weighted by Crippen LogP contribution is -2.48. The molecule has 3 aromatic rings. The summed E-state index contributed by atoms with van der Waals surface area (Å²) >= 11 is 3.26. The van der Waals surface area contributed by atoms with Gasteiger partial charge in [0.1, 0.15) is 16.9 Å². The molecule has 33 heavy (non-hydrogen) atoms. The van der Waals surface area contributed by atoms with Crippen molar-refractivity contribution >= 4 is 40.5 Å². The van der Waals surface area contributed by atoms with Gasteiger partial charge < -0.3 is 26.6 Å². The number of anilines is 2. The Morgan fingerprint density at radius 3 is 2.91 bits per heavy atom. The van der Waals surface area contributed by atoms with Gasteiger partial charge in [-0.25, -0.2) is 9.97 Å². The summed E-state index contributed by atoms with van der Waals surface area (Å²) in [4.78, 5) is 16.6. The van der Waals surface area contributed by atoms with Gasteiger partial charge >= 0.3 is 0 Å². The Morgan fingerprint density at radius 2 is 2.18 bits per heavy atom. The number of nitrogens with two attached hydrogens (primary N) is 1. The zero-order chi connectivity index (χ0) is 23.0. The van der Waals surface area contributed by atoms with Crippen molar-refractivity contribution in [1.82, 2.24) is 15.0 Å². The molecule has 3 atom stereocenters. The molecule has 1 fully saturated rings. The van der Waals surface area contributed by atoms with E-state index in [0.717, 1.165) is 39.7 Å². The molecule has 0 bridgehead atoms. The largest absolute Gasteiger partial charge is 0.388 e. The third kappa shape index (κ3) is 4.41. The molecule has 0 saturated heterocycles. The molecule has 0 aliphatic heterocycles. The highest BCUT2D eigenvalue weighted by Gasteiger charge is 2.47. The van der Waals surface area contributed by atoms with Crippen LogP contribution < -0.4 is 16.4 Å². The van der Waals surface area contributed by atoms with Crippen molar-refractivity contribution < 1.29 is 10.2 Å². The summed E-state index contributed by atoms with van der Waals surface area (Å²) in [6.45, 7) is 2.85.